The number of aliphatic hydroxyl groups is 2. The number of rotatable bonds is 5. The van der Waals surface area contributed by atoms with Gasteiger partial charge in [0.05, 0.1) is 6.26 Å². The monoisotopic (exact) mass is 232 g/mol. The van der Waals surface area contributed by atoms with Crippen molar-refractivity contribution in [2.45, 2.75) is 18.4 Å². The van der Waals surface area contributed by atoms with Crippen LogP contribution >= 0.6 is 0 Å². The largest absolute Gasteiger partial charge is 0.467 e. The molecule has 0 aliphatic rings. The fourth-order valence-electron chi connectivity index (χ4n) is 2.00. The normalized spacial score (nSPS) is 14.5. The van der Waals surface area contributed by atoms with Crippen LogP contribution in [0.3, 0.4) is 0 Å². The molecule has 0 saturated heterocycles. The smallest absolute Gasteiger partial charge is 0.132 e. The summed E-state index contributed by atoms with van der Waals surface area (Å²) in [6.07, 6.45) is 1.32. The zero-order valence-electron chi connectivity index (χ0n) is 9.49. The fraction of sp³-hybridized carbons (Fsp3) is 0.286. The summed E-state index contributed by atoms with van der Waals surface area (Å²) < 4.78 is 5.21. The van der Waals surface area contributed by atoms with Crippen LogP contribution in [-0.2, 0) is 0 Å². The van der Waals surface area contributed by atoms with Gasteiger partial charge in [-0.3, -0.25) is 0 Å². The van der Waals surface area contributed by atoms with Gasteiger partial charge in [0, 0.05) is 12.5 Å². The first-order valence-electron chi connectivity index (χ1n) is 5.70. The van der Waals surface area contributed by atoms with E-state index in [2.05, 4.69) is 0 Å². The molecule has 0 aliphatic carbocycles. The van der Waals surface area contributed by atoms with Crippen molar-refractivity contribution in [2.24, 2.45) is 0 Å². The van der Waals surface area contributed by atoms with E-state index in [0.717, 1.165) is 5.56 Å². The zero-order chi connectivity index (χ0) is 12.1. The first kappa shape index (κ1) is 11.9. The van der Waals surface area contributed by atoms with Gasteiger partial charge >= 0.3 is 0 Å². The maximum absolute atomic E-state index is 10.2. The molecule has 1 aromatic carbocycles. The lowest BCUT2D eigenvalue weighted by atomic mass is 9.89. The van der Waals surface area contributed by atoms with E-state index in [9.17, 15) is 5.11 Å². The predicted molar refractivity (Wildman–Crippen MR) is 64.6 cm³/mol. The summed E-state index contributed by atoms with van der Waals surface area (Å²) in [5, 5.41) is 19.4. The molecule has 0 bridgehead atoms. The van der Waals surface area contributed by atoms with Gasteiger partial charge in [0.1, 0.15) is 11.9 Å². The molecule has 1 heterocycles. The highest BCUT2D eigenvalue weighted by atomic mass is 16.4. The lowest BCUT2D eigenvalue weighted by molar-refractivity contribution is 0.105. The van der Waals surface area contributed by atoms with Gasteiger partial charge in [0.2, 0.25) is 0 Å². The third kappa shape index (κ3) is 2.75. The molecule has 0 radical (unpaired) electrons. The van der Waals surface area contributed by atoms with Crippen molar-refractivity contribution in [3.8, 4) is 0 Å². The van der Waals surface area contributed by atoms with E-state index in [0.29, 0.717) is 12.2 Å². The van der Waals surface area contributed by atoms with Gasteiger partial charge < -0.3 is 14.6 Å². The van der Waals surface area contributed by atoms with E-state index in [1.165, 1.54) is 0 Å². The molecule has 2 aromatic rings. The number of furan rings is 1. The van der Waals surface area contributed by atoms with E-state index in [1.807, 2.05) is 30.3 Å². The molecule has 2 rings (SSSR count). The number of aliphatic hydroxyl groups excluding tert-OH is 2. The number of hydrogen-bond donors (Lipinski definition) is 2. The molecular weight excluding hydrogens is 216 g/mol. The predicted octanol–water partition coefficient (Wildman–Crippen LogP) is 2.48. The van der Waals surface area contributed by atoms with Crippen LogP contribution in [0.25, 0.3) is 0 Å². The summed E-state index contributed by atoms with van der Waals surface area (Å²) in [4.78, 5) is 0. The highest BCUT2D eigenvalue weighted by Crippen LogP contribution is 2.33. The quantitative estimate of drug-likeness (QED) is 0.832. The van der Waals surface area contributed by atoms with E-state index >= 15 is 0 Å². The average Bonchev–Trinajstić information content (AvgIpc) is 2.90. The summed E-state index contributed by atoms with van der Waals surface area (Å²) in [6, 6.07) is 13.2. The molecule has 0 amide bonds. The van der Waals surface area contributed by atoms with Gasteiger partial charge in [-0.05, 0) is 24.1 Å². The van der Waals surface area contributed by atoms with Gasteiger partial charge in [-0.25, -0.2) is 0 Å². The minimum Gasteiger partial charge on any atom is -0.467 e. The molecule has 2 atom stereocenters. The second-order valence-electron chi connectivity index (χ2n) is 3.99. The maximum atomic E-state index is 10.2. The lowest BCUT2D eigenvalue weighted by Crippen LogP contribution is -2.12. The van der Waals surface area contributed by atoms with E-state index in [-0.39, 0.29) is 12.5 Å². The summed E-state index contributed by atoms with van der Waals surface area (Å²) in [5.74, 6) is 0.389. The van der Waals surface area contributed by atoms with Crippen LogP contribution in [0.1, 0.15) is 29.8 Å². The number of benzene rings is 1. The zero-order valence-corrected chi connectivity index (χ0v) is 9.49. The Morgan fingerprint density at radius 1 is 1.06 bits per heavy atom. The summed E-state index contributed by atoms with van der Waals surface area (Å²) in [5.41, 5.74) is 1.01. The Morgan fingerprint density at radius 3 is 2.41 bits per heavy atom. The van der Waals surface area contributed by atoms with Crippen molar-refractivity contribution in [2.75, 3.05) is 6.61 Å². The molecule has 0 aliphatic heterocycles. The van der Waals surface area contributed by atoms with Crippen molar-refractivity contribution in [1.29, 1.82) is 0 Å². The fourth-order valence-corrected chi connectivity index (χ4v) is 2.00. The lowest BCUT2D eigenvalue weighted by Gasteiger charge is -2.21. The van der Waals surface area contributed by atoms with Gasteiger partial charge in [0.25, 0.3) is 0 Å². The summed E-state index contributed by atoms with van der Waals surface area (Å²) >= 11 is 0. The van der Waals surface area contributed by atoms with E-state index < -0.39 is 6.10 Å². The molecule has 2 unspecified atom stereocenters. The first-order valence-corrected chi connectivity index (χ1v) is 5.70. The Bertz CT molecular complexity index is 422. The first-order chi connectivity index (χ1) is 8.33. The SMILES string of the molecule is OCCC(c1ccccc1)C(O)c1ccco1. The summed E-state index contributed by atoms with van der Waals surface area (Å²) in [7, 11) is 0. The maximum Gasteiger partial charge on any atom is 0.132 e. The Balaban J connectivity index is 2.23. The highest BCUT2D eigenvalue weighted by Gasteiger charge is 2.24. The van der Waals surface area contributed by atoms with E-state index in [4.69, 9.17) is 9.52 Å². The topological polar surface area (TPSA) is 53.6 Å². The van der Waals surface area contributed by atoms with Crippen LogP contribution in [0, 0.1) is 0 Å². The molecule has 90 valence electrons. The Labute approximate surface area is 100 Å². The molecule has 0 spiro atoms. The molecule has 1 aromatic heterocycles. The van der Waals surface area contributed by atoms with Crippen LogP contribution in [-0.4, -0.2) is 16.8 Å². The molecule has 0 saturated carbocycles. The van der Waals surface area contributed by atoms with Gasteiger partial charge in [0.15, 0.2) is 0 Å². The Morgan fingerprint density at radius 2 is 1.82 bits per heavy atom. The molecular formula is C14H16O3. The molecule has 0 fully saturated rings. The molecule has 3 nitrogen and oxygen atoms in total. The highest BCUT2D eigenvalue weighted by molar-refractivity contribution is 5.23. The van der Waals surface area contributed by atoms with Gasteiger partial charge in [-0.1, -0.05) is 30.3 Å². The average molecular weight is 232 g/mol. The van der Waals surface area contributed by atoms with Crippen molar-refractivity contribution in [3.05, 3.63) is 60.1 Å². The Hall–Kier alpha value is -1.58. The third-order valence-corrected chi connectivity index (χ3v) is 2.88. The van der Waals surface area contributed by atoms with Crippen LogP contribution in [0.5, 0.6) is 0 Å². The van der Waals surface area contributed by atoms with E-state index in [1.54, 1.807) is 18.4 Å². The van der Waals surface area contributed by atoms with Crippen molar-refractivity contribution < 1.29 is 14.6 Å². The minimum atomic E-state index is -0.723. The molecule has 2 N–H and O–H groups in total. The Kier molecular flexibility index (Phi) is 3.96. The third-order valence-electron chi connectivity index (χ3n) is 2.88. The number of hydrogen-bond acceptors (Lipinski definition) is 3. The minimum absolute atomic E-state index is 0.0390. The van der Waals surface area contributed by atoms with Gasteiger partial charge in [-0.15, -0.1) is 0 Å². The van der Waals surface area contributed by atoms with Crippen molar-refractivity contribution in [3.63, 3.8) is 0 Å². The molecule has 3 heteroatoms. The second kappa shape index (κ2) is 5.66. The second-order valence-corrected chi connectivity index (χ2v) is 3.99. The van der Waals surface area contributed by atoms with Gasteiger partial charge in [-0.2, -0.15) is 0 Å². The molecule has 17 heavy (non-hydrogen) atoms. The van der Waals surface area contributed by atoms with Crippen LogP contribution in [0.4, 0.5) is 0 Å². The summed E-state index contributed by atoms with van der Waals surface area (Å²) in [6.45, 7) is 0.0390. The van der Waals surface area contributed by atoms with Crippen molar-refractivity contribution >= 4 is 0 Å². The van der Waals surface area contributed by atoms with Crippen LogP contribution in [0.15, 0.2) is 53.1 Å². The standard InChI is InChI=1S/C14H16O3/c15-9-8-12(11-5-2-1-3-6-11)14(16)13-7-4-10-17-13/h1-7,10,12,14-16H,8-9H2. The van der Waals surface area contributed by atoms with Crippen LogP contribution < -0.4 is 0 Å². The van der Waals surface area contributed by atoms with Crippen molar-refractivity contribution in [1.82, 2.24) is 0 Å². The van der Waals surface area contributed by atoms with Crippen LogP contribution in [0.2, 0.25) is 0 Å².